The van der Waals surface area contributed by atoms with Crippen LogP contribution in [0.5, 0.6) is 5.75 Å². The average Bonchev–Trinajstić information content (AvgIpc) is 2.42. The third-order valence-electron chi connectivity index (χ3n) is 2.82. The van der Waals surface area contributed by atoms with Crippen LogP contribution < -0.4 is 4.74 Å². The lowest BCUT2D eigenvalue weighted by atomic mass is 10.2. The van der Waals surface area contributed by atoms with E-state index in [9.17, 15) is 4.79 Å². The van der Waals surface area contributed by atoms with Gasteiger partial charge >= 0.3 is 0 Å². The van der Waals surface area contributed by atoms with Crippen molar-refractivity contribution in [3.63, 3.8) is 0 Å². The van der Waals surface area contributed by atoms with Crippen molar-refractivity contribution in [1.82, 2.24) is 4.90 Å². The Morgan fingerprint density at radius 1 is 1.17 bits per heavy atom. The molecule has 0 unspecified atom stereocenters. The molecule has 0 aliphatic rings. The monoisotopic (exact) mass is 247 g/mol. The molecule has 0 aromatic heterocycles. The predicted octanol–water partition coefficient (Wildman–Crippen LogP) is 2.62. The molecule has 0 amide bonds. The molecule has 0 atom stereocenters. The highest BCUT2D eigenvalue weighted by molar-refractivity contribution is 5.73. The summed E-state index contributed by atoms with van der Waals surface area (Å²) in [5, 5.41) is 0. The third-order valence-corrected chi connectivity index (χ3v) is 2.82. The minimum Gasteiger partial charge on any atom is -0.492 e. The van der Waals surface area contributed by atoms with E-state index in [1.807, 2.05) is 24.3 Å². The summed E-state index contributed by atoms with van der Waals surface area (Å²) in [6.07, 6.45) is 4.03. The highest BCUT2D eigenvalue weighted by atomic mass is 16.5. The second-order valence-corrected chi connectivity index (χ2v) is 3.94. The molecule has 3 heteroatoms. The van der Waals surface area contributed by atoms with Crippen LogP contribution in [0.1, 0.15) is 19.4 Å². The second kappa shape index (κ2) is 8.48. The first-order valence-corrected chi connectivity index (χ1v) is 6.37. The summed E-state index contributed by atoms with van der Waals surface area (Å²) >= 11 is 0. The number of carbonyl (C=O) groups excluding carboxylic acids is 1. The molecule has 0 aliphatic carbocycles. The Balaban J connectivity index is 2.39. The molecular weight excluding hydrogens is 226 g/mol. The van der Waals surface area contributed by atoms with Gasteiger partial charge in [-0.05, 0) is 36.9 Å². The summed E-state index contributed by atoms with van der Waals surface area (Å²) in [6, 6.07) is 7.72. The van der Waals surface area contributed by atoms with Crippen molar-refractivity contribution < 1.29 is 9.53 Å². The van der Waals surface area contributed by atoms with Crippen molar-refractivity contribution in [2.75, 3.05) is 26.2 Å². The van der Waals surface area contributed by atoms with Crippen LogP contribution in [-0.2, 0) is 4.79 Å². The van der Waals surface area contributed by atoms with E-state index in [-0.39, 0.29) is 0 Å². The summed E-state index contributed by atoms with van der Waals surface area (Å²) in [7, 11) is 0. The molecule has 0 bridgehead atoms. The first-order chi connectivity index (χ1) is 8.80. The predicted molar refractivity (Wildman–Crippen MR) is 74.8 cm³/mol. The normalized spacial score (nSPS) is 11.1. The maximum Gasteiger partial charge on any atom is 0.142 e. The Morgan fingerprint density at radius 3 is 2.39 bits per heavy atom. The summed E-state index contributed by atoms with van der Waals surface area (Å²) < 4.78 is 5.66. The molecular formula is C15H21NO2. The Labute approximate surface area is 109 Å². The van der Waals surface area contributed by atoms with E-state index in [4.69, 9.17) is 4.74 Å². The van der Waals surface area contributed by atoms with E-state index in [1.165, 1.54) is 6.08 Å². The fourth-order valence-corrected chi connectivity index (χ4v) is 1.66. The maximum atomic E-state index is 10.2. The van der Waals surface area contributed by atoms with Crippen LogP contribution >= 0.6 is 0 Å². The standard InChI is InChI=1S/C15H21NO2/c1-3-16(4-2)11-13-18-15-9-7-14(8-10-15)6-5-12-17/h5-10,12H,3-4,11,13H2,1-2H3. The van der Waals surface area contributed by atoms with Crippen molar-refractivity contribution in [1.29, 1.82) is 0 Å². The Bertz CT molecular complexity index is 367. The van der Waals surface area contributed by atoms with E-state index in [0.717, 1.165) is 37.2 Å². The van der Waals surface area contributed by atoms with E-state index in [0.29, 0.717) is 6.61 Å². The molecule has 0 saturated carbocycles. The molecule has 0 fully saturated rings. The van der Waals surface area contributed by atoms with Gasteiger partial charge in [0.05, 0.1) is 0 Å². The molecule has 0 spiro atoms. The minimum absolute atomic E-state index is 0.700. The average molecular weight is 247 g/mol. The zero-order valence-corrected chi connectivity index (χ0v) is 11.1. The van der Waals surface area contributed by atoms with Crippen LogP contribution in [0.2, 0.25) is 0 Å². The van der Waals surface area contributed by atoms with E-state index < -0.39 is 0 Å². The summed E-state index contributed by atoms with van der Waals surface area (Å²) in [5.41, 5.74) is 0.998. The third kappa shape index (κ3) is 5.15. The van der Waals surface area contributed by atoms with Crippen LogP contribution in [0.15, 0.2) is 30.3 Å². The van der Waals surface area contributed by atoms with Crippen molar-refractivity contribution in [2.45, 2.75) is 13.8 Å². The number of ether oxygens (including phenoxy) is 1. The van der Waals surface area contributed by atoms with Crippen LogP contribution in [0.4, 0.5) is 0 Å². The molecule has 0 aliphatic heterocycles. The lowest BCUT2D eigenvalue weighted by Crippen LogP contribution is -2.27. The largest absolute Gasteiger partial charge is 0.492 e. The minimum atomic E-state index is 0.700. The number of hydrogen-bond donors (Lipinski definition) is 0. The zero-order valence-electron chi connectivity index (χ0n) is 11.1. The highest BCUT2D eigenvalue weighted by Crippen LogP contribution is 2.13. The summed E-state index contributed by atoms with van der Waals surface area (Å²) in [4.78, 5) is 12.5. The fraction of sp³-hybridized carbons (Fsp3) is 0.400. The molecule has 0 heterocycles. The number of likely N-dealkylation sites (N-methyl/N-ethyl adjacent to an activating group) is 1. The molecule has 1 aromatic rings. The van der Waals surface area contributed by atoms with Gasteiger partial charge in [-0.1, -0.05) is 32.1 Å². The van der Waals surface area contributed by atoms with Gasteiger partial charge in [0.25, 0.3) is 0 Å². The number of hydrogen-bond acceptors (Lipinski definition) is 3. The molecule has 0 saturated heterocycles. The SMILES string of the molecule is CCN(CC)CCOc1ccc(C=CC=O)cc1. The van der Waals surface area contributed by atoms with E-state index in [1.54, 1.807) is 6.08 Å². The smallest absolute Gasteiger partial charge is 0.142 e. The van der Waals surface area contributed by atoms with Crippen molar-refractivity contribution in [3.8, 4) is 5.75 Å². The number of rotatable bonds is 8. The molecule has 0 N–H and O–H groups in total. The highest BCUT2D eigenvalue weighted by Gasteiger charge is 1.99. The number of nitrogens with zero attached hydrogens (tertiary/aromatic N) is 1. The topological polar surface area (TPSA) is 29.5 Å². The van der Waals surface area contributed by atoms with Crippen LogP contribution in [0, 0.1) is 0 Å². The maximum absolute atomic E-state index is 10.2. The molecule has 1 aromatic carbocycles. The van der Waals surface area contributed by atoms with Gasteiger partial charge in [0.1, 0.15) is 18.6 Å². The number of allylic oxidation sites excluding steroid dienone is 1. The molecule has 0 radical (unpaired) electrons. The van der Waals surface area contributed by atoms with Crippen molar-refractivity contribution in [3.05, 3.63) is 35.9 Å². The van der Waals surface area contributed by atoms with E-state index in [2.05, 4.69) is 18.7 Å². The Morgan fingerprint density at radius 2 is 1.83 bits per heavy atom. The van der Waals surface area contributed by atoms with Crippen LogP contribution in [0.25, 0.3) is 6.08 Å². The van der Waals surface area contributed by atoms with Gasteiger partial charge in [-0.15, -0.1) is 0 Å². The Kier molecular flexibility index (Phi) is 6.81. The van der Waals surface area contributed by atoms with Crippen LogP contribution in [-0.4, -0.2) is 37.4 Å². The van der Waals surface area contributed by atoms with E-state index >= 15 is 0 Å². The van der Waals surface area contributed by atoms with Gasteiger partial charge in [-0.25, -0.2) is 0 Å². The first kappa shape index (κ1) is 14.5. The van der Waals surface area contributed by atoms with Crippen molar-refractivity contribution in [2.24, 2.45) is 0 Å². The molecule has 98 valence electrons. The van der Waals surface area contributed by atoms with Gasteiger partial charge in [-0.3, -0.25) is 4.79 Å². The molecule has 1 rings (SSSR count). The van der Waals surface area contributed by atoms with Gasteiger partial charge in [-0.2, -0.15) is 0 Å². The first-order valence-electron chi connectivity index (χ1n) is 6.37. The quantitative estimate of drug-likeness (QED) is 0.522. The number of carbonyl (C=O) groups is 1. The number of aldehydes is 1. The lowest BCUT2D eigenvalue weighted by Gasteiger charge is -2.17. The van der Waals surface area contributed by atoms with Crippen molar-refractivity contribution >= 4 is 12.4 Å². The summed E-state index contributed by atoms with van der Waals surface area (Å²) in [5.74, 6) is 0.866. The van der Waals surface area contributed by atoms with Gasteiger partial charge in [0.2, 0.25) is 0 Å². The zero-order chi connectivity index (χ0) is 13.2. The fourth-order valence-electron chi connectivity index (χ4n) is 1.66. The van der Waals surface area contributed by atoms with Gasteiger partial charge in [0, 0.05) is 6.54 Å². The Hall–Kier alpha value is -1.61. The summed E-state index contributed by atoms with van der Waals surface area (Å²) in [6.45, 7) is 8.05. The lowest BCUT2D eigenvalue weighted by molar-refractivity contribution is -0.104. The number of benzene rings is 1. The van der Waals surface area contributed by atoms with Gasteiger partial charge in [0.15, 0.2) is 0 Å². The molecule has 18 heavy (non-hydrogen) atoms. The van der Waals surface area contributed by atoms with Gasteiger partial charge < -0.3 is 9.64 Å². The molecule has 3 nitrogen and oxygen atoms in total. The second-order valence-electron chi connectivity index (χ2n) is 3.94. The van der Waals surface area contributed by atoms with Crippen LogP contribution in [0.3, 0.4) is 0 Å².